The van der Waals surface area contributed by atoms with Crippen molar-refractivity contribution in [2.45, 2.75) is 32.0 Å². The Hall–Kier alpha value is -2.86. The zero-order valence-electron chi connectivity index (χ0n) is 16.9. The third-order valence-corrected chi connectivity index (χ3v) is 5.10. The van der Waals surface area contributed by atoms with E-state index < -0.39 is 0 Å². The molecule has 1 N–H and O–H groups in total. The second-order valence-corrected chi connectivity index (χ2v) is 7.58. The Morgan fingerprint density at radius 3 is 2.24 bits per heavy atom. The van der Waals surface area contributed by atoms with E-state index in [0.717, 1.165) is 28.3 Å². The van der Waals surface area contributed by atoms with Gasteiger partial charge in [0, 0.05) is 11.4 Å². The van der Waals surface area contributed by atoms with Crippen LogP contribution in [0.15, 0.2) is 65.8 Å². The monoisotopic (exact) mass is 407 g/mol. The van der Waals surface area contributed by atoms with Gasteiger partial charge >= 0.3 is 0 Å². The van der Waals surface area contributed by atoms with Gasteiger partial charge in [0.25, 0.3) is 0 Å². The van der Waals surface area contributed by atoms with E-state index in [-0.39, 0.29) is 17.7 Å². The number of hydrogen-bond acceptors (Lipinski definition) is 5. The third kappa shape index (κ3) is 6.06. The molecule has 0 aliphatic rings. The largest absolute Gasteiger partial charge is 0.494 e. The van der Waals surface area contributed by atoms with Crippen molar-refractivity contribution in [2.75, 3.05) is 12.4 Å². The summed E-state index contributed by atoms with van der Waals surface area (Å²) in [7, 11) is 0. The van der Waals surface area contributed by atoms with Crippen molar-refractivity contribution >= 4 is 17.7 Å². The molecule has 1 amide bonds. The van der Waals surface area contributed by atoms with Crippen LogP contribution in [0.4, 0.5) is 0 Å². The van der Waals surface area contributed by atoms with Crippen LogP contribution < -0.4 is 10.1 Å². The SMILES string of the molecule is CCOc1ccc(C(NC(=O)CSc2nc(C)cc(C)n2)c2ccccc2)cc1. The molecule has 1 unspecified atom stereocenters. The molecule has 5 nitrogen and oxygen atoms in total. The van der Waals surface area contributed by atoms with E-state index in [9.17, 15) is 4.79 Å². The highest BCUT2D eigenvalue weighted by molar-refractivity contribution is 7.99. The molecule has 0 saturated carbocycles. The van der Waals surface area contributed by atoms with Crippen molar-refractivity contribution in [1.29, 1.82) is 0 Å². The predicted molar refractivity (Wildman–Crippen MR) is 116 cm³/mol. The fraction of sp³-hybridized carbons (Fsp3) is 0.261. The Bertz CT molecular complexity index is 926. The maximum absolute atomic E-state index is 12.7. The molecule has 0 radical (unpaired) electrons. The van der Waals surface area contributed by atoms with Gasteiger partial charge in [0.2, 0.25) is 5.91 Å². The summed E-state index contributed by atoms with van der Waals surface area (Å²) in [5, 5.41) is 3.76. The Balaban J connectivity index is 1.73. The van der Waals surface area contributed by atoms with Gasteiger partial charge in [-0.15, -0.1) is 0 Å². The molecule has 0 aliphatic heterocycles. The van der Waals surface area contributed by atoms with Crippen molar-refractivity contribution in [3.63, 3.8) is 0 Å². The van der Waals surface area contributed by atoms with E-state index in [0.29, 0.717) is 11.8 Å². The molecule has 0 aliphatic carbocycles. The highest BCUT2D eigenvalue weighted by atomic mass is 32.2. The second-order valence-electron chi connectivity index (χ2n) is 6.64. The molecule has 1 heterocycles. The van der Waals surface area contributed by atoms with Gasteiger partial charge in [0.1, 0.15) is 5.75 Å². The molecule has 0 fully saturated rings. The lowest BCUT2D eigenvalue weighted by atomic mass is 9.98. The fourth-order valence-electron chi connectivity index (χ4n) is 3.02. The fourth-order valence-corrected chi connectivity index (χ4v) is 3.78. The Labute approximate surface area is 175 Å². The third-order valence-electron chi connectivity index (χ3n) is 4.26. The van der Waals surface area contributed by atoms with E-state index in [1.165, 1.54) is 11.8 Å². The number of amides is 1. The molecular formula is C23H25N3O2S. The van der Waals surface area contributed by atoms with E-state index in [1.54, 1.807) is 0 Å². The number of ether oxygens (including phenoxy) is 1. The summed E-state index contributed by atoms with van der Waals surface area (Å²) in [6.45, 7) is 6.43. The number of hydrogen-bond donors (Lipinski definition) is 1. The van der Waals surface area contributed by atoms with E-state index >= 15 is 0 Å². The molecule has 29 heavy (non-hydrogen) atoms. The number of aryl methyl sites for hydroxylation is 2. The molecule has 2 aromatic carbocycles. The maximum atomic E-state index is 12.7. The van der Waals surface area contributed by atoms with Crippen LogP contribution in [0.2, 0.25) is 0 Å². The van der Waals surface area contributed by atoms with Gasteiger partial charge in [0.05, 0.1) is 18.4 Å². The quantitative estimate of drug-likeness (QED) is 0.440. The van der Waals surface area contributed by atoms with Gasteiger partial charge in [-0.3, -0.25) is 4.79 Å². The normalized spacial score (nSPS) is 11.7. The minimum Gasteiger partial charge on any atom is -0.494 e. The first-order valence-electron chi connectivity index (χ1n) is 9.57. The van der Waals surface area contributed by atoms with Gasteiger partial charge in [0.15, 0.2) is 5.16 Å². The summed E-state index contributed by atoms with van der Waals surface area (Å²) in [6, 6.07) is 19.5. The Morgan fingerprint density at radius 2 is 1.62 bits per heavy atom. The minimum atomic E-state index is -0.236. The molecule has 3 aromatic rings. The van der Waals surface area contributed by atoms with Crippen LogP contribution in [-0.4, -0.2) is 28.2 Å². The molecule has 0 bridgehead atoms. The summed E-state index contributed by atoms with van der Waals surface area (Å²) in [6.07, 6.45) is 0. The predicted octanol–water partition coefficient (Wildman–Crippen LogP) is 4.49. The van der Waals surface area contributed by atoms with Crippen LogP contribution in [0.25, 0.3) is 0 Å². The van der Waals surface area contributed by atoms with Crippen LogP contribution >= 0.6 is 11.8 Å². The minimum absolute atomic E-state index is 0.0690. The number of nitrogens with one attached hydrogen (secondary N) is 1. The van der Waals surface area contributed by atoms with Crippen molar-refractivity contribution in [3.05, 3.63) is 83.2 Å². The lowest BCUT2D eigenvalue weighted by Gasteiger charge is -2.20. The van der Waals surface area contributed by atoms with Crippen LogP contribution in [-0.2, 0) is 4.79 Å². The zero-order chi connectivity index (χ0) is 20.6. The van der Waals surface area contributed by atoms with Crippen LogP contribution in [0.1, 0.15) is 35.5 Å². The summed E-state index contributed by atoms with van der Waals surface area (Å²) in [5.74, 6) is 1.00. The first-order valence-corrected chi connectivity index (χ1v) is 10.6. The number of carbonyl (C=O) groups excluding carboxylic acids is 1. The summed E-state index contributed by atoms with van der Waals surface area (Å²) in [5.41, 5.74) is 3.83. The van der Waals surface area contributed by atoms with Crippen molar-refractivity contribution in [1.82, 2.24) is 15.3 Å². The highest BCUT2D eigenvalue weighted by Gasteiger charge is 2.17. The molecule has 0 saturated heterocycles. The van der Waals surface area contributed by atoms with Crippen molar-refractivity contribution in [2.24, 2.45) is 0 Å². The number of nitrogens with zero attached hydrogens (tertiary/aromatic N) is 2. The van der Waals surface area contributed by atoms with Crippen LogP contribution in [0, 0.1) is 13.8 Å². The van der Waals surface area contributed by atoms with Gasteiger partial charge in [-0.25, -0.2) is 9.97 Å². The average Bonchev–Trinajstić information content (AvgIpc) is 2.71. The molecule has 3 rings (SSSR count). The Kier molecular flexibility index (Phi) is 7.25. The molecular weight excluding hydrogens is 382 g/mol. The molecule has 150 valence electrons. The summed E-state index contributed by atoms with van der Waals surface area (Å²) in [4.78, 5) is 21.5. The zero-order valence-corrected chi connectivity index (χ0v) is 17.7. The number of carbonyl (C=O) groups is 1. The van der Waals surface area contributed by atoms with Gasteiger partial charge in [-0.2, -0.15) is 0 Å². The van der Waals surface area contributed by atoms with Crippen LogP contribution in [0.3, 0.4) is 0 Å². The lowest BCUT2D eigenvalue weighted by molar-refractivity contribution is -0.119. The molecule has 1 aromatic heterocycles. The molecule has 6 heteroatoms. The van der Waals surface area contributed by atoms with Gasteiger partial charge in [-0.1, -0.05) is 54.2 Å². The number of aromatic nitrogens is 2. The van der Waals surface area contributed by atoms with Crippen molar-refractivity contribution < 1.29 is 9.53 Å². The van der Waals surface area contributed by atoms with Gasteiger partial charge in [-0.05, 0) is 50.1 Å². The maximum Gasteiger partial charge on any atom is 0.231 e. The molecule has 0 spiro atoms. The van der Waals surface area contributed by atoms with E-state index in [4.69, 9.17) is 4.74 Å². The van der Waals surface area contributed by atoms with E-state index in [2.05, 4.69) is 15.3 Å². The lowest BCUT2D eigenvalue weighted by Crippen LogP contribution is -2.30. The van der Waals surface area contributed by atoms with Crippen molar-refractivity contribution in [3.8, 4) is 5.75 Å². The average molecular weight is 408 g/mol. The van der Waals surface area contributed by atoms with E-state index in [1.807, 2.05) is 81.4 Å². The Morgan fingerprint density at radius 1 is 1.00 bits per heavy atom. The number of benzene rings is 2. The smallest absolute Gasteiger partial charge is 0.231 e. The second kappa shape index (κ2) is 10.1. The first-order chi connectivity index (χ1) is 14.0. The first kappa shape index (κ1) is 20.9. The number of thioether (sulfide) groups is 1. The van der Waals surface area contributed by atoms with Gasteiger partial charge < -0.3 is 10.1 Å². The summed E-state index contributed by atoms with van der Waals surface area (Å²) < 4.78 is 5.53. The summed E-state index contributed by atoms with van der Waals surface area (Å²) >= 11 is 1.34. The topological polar surface area (TPSA) is 64.1 Å². The molecule has 1 atom stereocenters. The number of rotatable bonds is 8. The van der Waals surface area contributed by atoms with Crippen LogP contribution in [0.5, 0.6) is 5.75 Å². The standard InChI is InChI=1S/C23H25N3O2S/c1-4-28-20-12-10-19(11-13-20)22(18-8-6-5-7-9-18)26-21(27)15-29-23-24-16(2)14-17(3)25-23/h5-14,22H,4,15H2,1-3H3,(H,26,27). The highest BCUT2D eigenvalue weighted by Crippen LogP contribution is 2.25.